The summed E-state index contributed by atoms with van der Waals surface area (Å²) in [6.45, 7) is 0.722. The first-order chi connectivity index (χ1) is 11.4. The van der Waals surface area contributed by atoms with Crippen LogP contribution in [0.5, 0.6) is 0 Å². The standard InChI is InChI=1S/C15H12Cl2N2O4S/c16-13-5-4-12(9-14(13)17)24(21,22)18-10-2-1-3-11(8-10)19-6-7-23-15(19)20/h1-5,8-9,18H,6-7H2. The largest absolute Gasteiger partial charge is 0.447 e. The van der Waals surface area contributed by atoms with E-state index < -0.39 is 16.1 Å². The van der Waals surface area contributed by atoms with E-state index in [1.54, 1.807) is 24.3 Å². The molecule has 24 heavy (non-hydrogen) atoms. The number of nitrogens with one attached hydrogen (secondary N) is 1. The summed E-state index contributed by atoms with van der Waals surface area (Å²) in [4.78, 5) is 13.0. The second-order valence-electron chi connectivity index (χ2n) is 5.00. The molecule has 0 radical (unpaired) electrons. The number of cyclic esters (lactones) is 1. The van der Waals surface area contributed by atoms with Crippen molar-refractivity contribution in [3.8, 4) is 0 Å². The predicted octanol–water partition coefficient (Wildman–Crippen LogP) is 3.75. The van der Waals surface area contributed by atoms with Crippen LogP contribution in [0.1, 0.15) is 0 Å². The summed E-state index contributed by atoms with van der Waals surface area (Å²) in [5.74, 6) is 0. The number of anilines is 2. The molecule has 1 N–H and O–H groups in total. The highest BCUT2D eigenvalue weighted by atomic mass is 35.5. The molecule has 1 aliphatic heterocycles. The van der Waals surface area contributed by atoms with Crippen molar-refractivity contribution in [2.75, 3.05) is 22.8 Å². The summed E-state index contributed by atoms with van der Waals surface area (Å²) >= 11 is 11.7. The van der Waals surface area contributed by atoms with Crippen molar-refractivity contribution in [3.63, 3.8) is 0 Å². The van der Waals surface area contributed by atoms with Gasteiger partial charge in [0.25, 0.3) is 10.0 Å². The molecule has 1 saturated heterocycles. The van der Waals surface area contributed by atoms with Gasteiger partial charge in [-0.05, 0) is 36.4 Å². The number of ether oxygens (including phenoxy) is 1. The molecule has 0 bridgehead atoms. The van der Waals surface area contributed by atoms with Gasteiger partial charge in [0.05, 0.1) is 27.2 Å². The fraction of sp³-hybridized carbons (Fsp3) is 0.133. The van der Waals surface area contributed by atoms with Gasteiger partial charge in [0.1, 0.15) is 6.61 Å². The summed E-state index contributed by atoms with van der Waals surface area (Å²) in [5, 5.41) is 0.415. The normalized spacial score (nSPS) is 14.6. The first-order valence-corrected chi connectivity index (χ1v) is 9.13. The fourth-order valence-electron chi connectivity index (χ4n) is 2.22. The van der Waals surface area contributed by atoms with Gasteiger partial charge < -0.3 is 4.74 Å². The SMILES string of the molecule is O=C1OCCN1c1cccc(NS(=O)(=O)c2ccc(Cl)c(Cl)c2)c1. The summed E-state index contributed by atoms with van der Waals surface area (Å²) < 4.78 is 32.2. The molecule has 0 spiro atoms. The third kappa shape index (κ3) is 3.43. The maximum Gasteiger partial charge on any atom is 0.414 e. The average molecular weight is 387 g/mol. The molecular weight excluding hydrogens is 375 g/mol. The Balaban J connectivity index is 1.87. The molecule has 0 aliphatic carbocycles. The van der Waals surface area contributed by atoms with Gasteiger partial charge in [-0.15, -0.1) is 0 Å². The summed E-state index contributed by atoms with van der Waals surface area (Å²) in [6.07, 6.45) is -0.459. The number of rotatable bonds is 4. The molecule has 126 valence electrons. The Morgan fingerprint density at radius 3 is 2.54 bits per heavy atom. The van der Waals surface area contributed by atoms with E-state index in [2.05, 4.69) is 4.72 Å². The first kappa shape index (κ1) is 16.9. The fourth-order valence-corrected chi connectivity index (χ4v) is 3.66. The Hall–Kier alpha value is -1.96. The Morgan fingerprint density at radius 2 is 1.88 bits per heavy atom. The predicted molar refractivity (Wildman–Crippen MR) is 92.4 cm³/mol. The topological polar surface area (TPSA) is 75.7 Å². The zero-order valence-electron chi connectivity index (χ0n) is 12.2. The third-order valence-corrected chi connectivity index (χ3v) is 5.49. The molecule has 9 heteroatoms. The van der Waals surface area contributed by atoms with E-state index in [0.717, 1.165) is 0 Å². The van der Waals surface area contributed by atoms with Crippen LogP contribution in [0.3, 0.4) is 0 Å². The molecule has 6 nitrogen and oxygen atoms in total. The van der Waals surface area contributed by atoms with Crippen LogP contribution in [-0.2, 0) is 14.8 Å². The average Bonchev–Trinajstić information content (AvgIpc) is 2.96. The van der Waals surface area contributed by atoms with Crippen LogP contribution in [0.15, 0.2) is 47.4 Å². The maximum absolute atomic E-state index is 12.4. The number of nitrogens with zero attached hydrogens (tertiary/aromatic N) is 1. The molecule has 1 aliphatic rings. The highest BCUT2D eigenvalue weighted by Crippen LogP contribution is 2.27. The summed E-state index contributed by atoms with van der Waals surface area (Å²) in [5.41, 5.74) is 0.866. The third-order valence-electron chi connectivity index (χ3n) is 3.37. The number of sulfonamides is 1. The van der Waals surface area contributed by atoms with Gasteiger partial charge in [0.15, 0.2) is 0 Å². The Labute approximate surface area is 149 Å². The number of amides is 1. The molecule has 0 atom stereocenters. The highest BCUT2D eigenvalue weighted by Gasteiger charge is 2.24. The monoisotopic (exact) mass is 386 g/mol. The van der Waals surface area contributed by atoms with Crippen molar-refractivity contribution in [1.29, 1.82) is 0 Å². The van der Waals surface area contributed by atoms with Crippen molar-refractivity contribution in [1.82, 2.24) is 0 Å². The lowest BCUT2D eigenvalue weighted by Crippen LogP contribution is -2.23. The number of benzene rings is 2. The molecular formula is C15H12Cl2N2O4S. The van der Waals surface area contributed by atoms with E-state index in [4.69, 9.17) is 27.9 Å². The maximum atomic E-state index is 12.4. The summed E-state index contributed by atoms with van der Waals surface area (Å²) in [7, 11) is -3.83. The Bertz CT molecular complexity index is 902. The molecule has 1 heterocycles. The number of hydrogen-bond donors (Lipinski definition) is 1. The minimum atomic E-state index is -3.83. The van der Waals surface area contributed by atoms with Gasteiger partial charge in [-0.3, -0.25) is 9.62 Å². The van der Waals surface area contributed by atoms with Crippen LogP contribution in [-0.4, -0.2) is 27.7 Å². The smallest absolute Gasteiger partial charge is 0.414 e. The highest BCUT2D eigenvalue weighted by molar-refractivity contribution is 7.92. The number of carbonyl (C=O) groups excluding carboxylic acids is 1. The number of halogens is 2. The van der Waals surface area contributed by atoms with E-state index in [1.807, 2.05) is 0 Å². The molecule has 2 aromatic carbocycles. The van der Waals surface area contributed by atoms with Crippen molar-refractivity contribution in [3.05, 3.63) is 52.5 Å². The molecule has 2 aromatic rings. The van der Waals surface area contributed by atoms with Crippen LogP contribution in [0.25, 0.3) is 0 Å². The quantitative estimate of drug-likeness (QED) is 0.867. The van der Waals surface area contributed by atoms with Crippen LogP contribution in [0.2, 0.25) is 10.0 Å². The van der Waals surface area contributed by atoms with E-state index >= 15 is 0 Å². The van der Waals surface area contributed by atoms with Gasteiger partial charge in [-0.25, -0.2) is 13.2 Å². The first-order valence-electron chi connectivity index (χ1n) is 6.89. The van der Waals surface area contributed by atoms with Gasteiger partial charge in [0.2, 0.25) is 0 Å². The second kappa shape index (κ2) is 6.51. The van der Waals surface area contributed by atoms with Crippen LogP contribution in [0.4, 0.5) is 16.2 Å². The molecule has 3 rings (SSSR count). The lowest BCUT2D eigenvalue weighted by Gasteiger charge is -2.15. The second-order valence-corrected chi connectivity index (χ2v) is 7.49. The van der Waals surface area contributed by atoms with Crippen molar-refractivity contribution in [2.45, 2.75) is 4.90 Å². The number of carbonyl (C=O) groups is 1. The van der Waals surface area contributed by atoms with Crippen LogP contribution in [0, 0.1) is 0 Å². The van der Waals surface area contributed by atoms with E-state index in [9.17, 15) is 13.2 Å². The van der Waals surface area contributed by atoms with Crippen molar-refractivity contribution < 1.29 is 17.9 Å². The lowest BCUT2D eigenvalue weighted by atomic mass is 10.2. The molecule has 0 saturated carbocycles. The Morgan fingerprint density at radius 1 is 1.08 bits per heavy atom. The van der Waals surface area contributed by atoms with Gasteiger partial charge in [-0.1, -0.05) is 29.3 Å². The van der Waals surface area contributed by atoms with Gasteiger partial charge >= 0.3 is 6.09 Å². The van der Waals surface area contributed by atoms with Gasteiger partial charge in [-0.2, -0.15) is 0 Å². The summed E-state index contributed by atoms with van der Waals surface area (Å²) in [6, 6.07) is 10.5. The van der Waals surface area contributed by atoms with Crippen molar-refractivity contribution >= 4 is 50.7 Å². The minimum Gasteiger partial charge on any atom is -0.447 e. The van der Waals surface area contributed by atoms with Crippen LogP contribution < -0.4 is 9.62 Å². The Kier molecular flexibility index (Phi) is 4.58. The number of hydrogen-bond acceptors (Lipinski definition) is 4. The van der Waals surface area contributed by atoms with Crippen LogP contribution >= 0.6 is 23.2 Å². The molecule has 0 unspecified atom stereocenters. The van der Waals surface area contributed by atoms with E-state index in [0.29, 0.717) is 24.5 Å². The van der Waals surface area contributed by atoms with E-state index in [1.165, 1.54) is 23.1 Å². The zero-order valence-corrected chi connectivity index (χ0v) is 14.5. The van der Waals surface area contributed by atoms with E-state index in [-0.39, 0.29) is 14.9 Å². The minimum absolute atomic E-state index is 0.0112. The molecule has 0 aromatic heterocycles. The zero-order chi connectivity index (χ0) is 17.3. The molecule has 1 fully saturated rings. The van der Waals surface area contributed by atoms with Gasteiger partial charge in [0, 0.05) is 5.69 Å². The van der Waals surface area contributed by atoms with Crippen molar-refractivity contribution in [2.24, 2.45) is 0 Å². The molecule has 1 amide bonds. The lowest BCUT2D eigenvalue weighted by molar-refractivity contribution is 0.181.